The van der Waals surface area contributed by atoms with Gasteiger partial charge in [0.25, 0.3) is 0 Å². The highest BCUT2D eigenvalue weighted by atomic mass is 16.4. The van der Waals surface area contributed by atoms with Gasteiger partial charge in [0.2, 0.25) is 5.91 Å². The second-order valence-electron chi connectivity index (χ2n) is 5.94. The summed E-state index contributed by atoms with van der Waals surface area (Å²) in [6.45, 7) is 6.55. The Labute approximate surface area is 108 Å². The van der Waals surface area contributed by atoms with Crippen molar-refractivity contribution in [2.24, 2.45) is 17.3 Å². The lowest BCUT2D eigenvalue weighted by Crippen LogP contribution is -2.54. The molecule has 2 atom stereocenters. The number of likely N-dealkylation sites (tertiary alicyclic amines) is 1. The molecule has 2 fully saturated rings. The molecule has 2 unspecified atom stereocenters. The first-order valence-electron chi connectivity index (χ1n) is 6.67. The van der Waals surface area contributed by atoms with E-state index in [0.29, 0.717) is 25.4 Å². The quantitative estimate of drug-likeness (QED) is 0.772. The summed E-state index contributed by atoms with van der Waals surface area (Å²) in [6, 6.07) is 0. The van der Waals surface area contributed by atoms with E-state index >= 15 is 0 Å². The minimum atomic E-state index is -0.794. The molecule has 1 amide bonds. The largest absolute Gasteiger partial charge is 0.481 e. The van der Waals surface area contributed by atoms with Crippen molar-refractivity contribution < 1.29 is 14.7 Å². The van der Waals surface area contributed by atoms with Crippen LogP contribution >= 0.6 is 0 Å². The average Bonchev–Trinajstić information content (AvgIpc) is 2.25. The number of aliphatic carboxylic acids is 1. The van der Waals surface area contributed by atoms with Crippen molar-refractivity contribution in [1.29, 1.82) is 0 Å². The highest BCUT2D eigenvalue weighted by Gasteiger charge is 2.41. The molecule has 0 aromatic heterocycles. The van der Waals surface area contributed by atoms with Crippen LogP contribution in [0.3, 0.4) is 0 Å². The number of hydrogen-bond acceptors (Lipinski definition) is 3. The van der Waals surface area contributed by atoms with E-state index in [4.69, 9.17) is 0 Å². The number of carbonyl (C=O) groups excluding carboxylic acids is 1. The van der Waals surface area contributed by atoms with Gasteiger partial charge in [-0.25, -0.2) is 0 Å². The molecule has 0 aromatic rings. The maximum absolute atomic E-state index is 12.3. The highest BCUT2D eigenvalue weighted by Crippen LogP contribution is 2.31. The Morgan fingerprint density at radius 2 is 2.11 bits per heavy atom. The fourth-order valence-electron chi connectivity index (χ4n) is 2.76. The van der Waals surface area contributed by atoms with Crippen LogP contribution in [0.4, 0.5) is 0 Å². The fourth-order valence-corrected chi connectivity index (χ4v) is 2.76. The summed E-state index contributed by atoms with van der Waals surface area (Å²) in [4.78, 5) is 25.4. The standard InChI is InChI=1S/C13H22N2O3/c1-9(10-6-14-7-10)11(16)15-5-3-4-13(2,8-15)12(17)18/h9-10,14H,3-8H2,1-2H3,(H,17,18). The zero-order valence-corrected chi connectivity index (χ0v) is 11.1. The van der Waals surface area contributed by atoms with Crippen molar-refractivity contribution >= 4 is 11.9 Å². The van der Waals surface area contributed by atoms with Crippen LogP contribution in [0, 0.1) is 17.3 Å². The van der Waals surface area contributed by atoms with Gasteiger partial charge in [-0.1, -0.05) is 6.92 Å². The van der Waals surface area contributed by atoms with Crippen LogP contribution in [-0.2, 0) is 9.59 Å². The molecule has 0 aromatic carbocycles. The van der Waals surface area contributed by atoms with E-state index in [2.05, 4.69) is 5.32 Å². The van der Waals surface area contributed by atoms with Crippen molar-refractivity contribution in [3.63, 3.8) is 0 Å². The van der Waals surface area contributed by atoms with Gasteiger partial charge in [0, 0.05) is 19.0 Å². The Morgan fingerprint density at radius 3 is 2.61 bits per heavy atom. The van der Waals surface area contributed by atoms with Gasteiger partial charge in [-0.15, -0.1) is 0 Å². The second kappa shape index (κ2) is 4.88. The number of nitrogens with zero attached hydrogens (tertiary/aromatic N) is 1. The monoisotopic (exact) mass is 254 g/mol. The molecule has 2 heterocycles. The molecule has 2 rings (SSSR count). The molecule has 2 saturated heterocycles. The van der Waals surface area contributed by atoms with Gasteiger partial charge in [0.05, 0.1) is 5.41 Å². The van der Waals surface area contributed by atoms with E-state index in [1.54, 1.807) is 11.8 Å². The van der Waals surface area contributed by atoms with E-state index in [1.165, 1.54) is 0 Å². The van der Waals surface area contributed by atoms with Crippen molar-refractivity contribution in [2.45, 2.75) is 26.7 Å². The number of amides is 1. The Hall–Kier alpha value is -1.10. The molecule has 2 aliphatic rings. The van der Waals surface area contributed by atoms with Crippen molar-refractivity contribution in [3.8, 4) is 0 Å². The van der Waals surface area contributed by atoms with Crippen LogP contribution in [0.1, 0.15) is 26.7 Å². The average molecular weight is 254 g/mol. The Balaban J connectivity index is 1.99. The number of piperidine rings is 1. The predicted molar refractivity (Wildman–Crippen MR) is 67.1 cm³/mol. The summed E-state index contributed by atoms with van der Waals surface area (Å²) < 4.78 is 0. The van der Waals surface area contributed by atoms with Crippen LogP contribution in [-0.4, -0.2) is 48.1 Å². The Kier molecular flexibility index (Phi) is 3.61. The Bertz CT molecular complexity index is 354. The zero-order chi connectivity index (χ0) is 13.3. The first-order chi connectivity index (χ1) is 8.44. The number of carboxylic acid groups (broad SMARTS) is 1. The SMILES string of the molecule is CC(C(=O)N1CCCC(C)(C(=O)O)C1)C1CNC1. The number of carbonyl (C=O) groups is 2. The lowest BCUT2D eigenvalue weighted by Gasteiger charge is -2.41. The molecule has 2 aliphatic heterocycles. The van der Waals surface area contributed by atoms with Gasteiger partial charge in [-0.2, -0.15) is 0 Å². The molecule has 5 nitrogen and oxygen atoms in total. The number of rotatable bonds is 3. The van der Waals surface area contributed by atoms with Crippen LogP contribution in [0.2, 0.25) is 0 Å². The molecular weight excluding hydrogens is 232 g/mol. The first-order valence-corrected chi connectivity index (χ1v) is 6.67. The third-order valence-corrected chi connectivity index (χ3v) is 4.43. The summed E-state index contributed by atoms with van der Waals surface area (Å²) in [5.74, 6) is -0.260. The van der Waals surface area contributed by atoms with Crippen LogP contribution in [0.15, 0.2) is 0 Å². The summed E-state index contributed by atoms with van der Waals surface area (Å²) in [5, 5.41) is 12.4. The van der Waals surface area contributed by atoms with E-state index < -0.39 is 11.4 Å². The molecule has 5 heteroatoms. The van der Waals surface area contributed by atoms with Gasteiger partial charge >= 0.3 is 5.97 Å². The number of hydrogen-bond donors (Lipinski definition) is 2. The lowest BCUT2D eigenvalue weighted by molar-refractivity contribution is -0.154. The van der Waals surface area contributed by atoms with Gasteiger partial charge in [0.1, 0.15) is 0 Å². The van der Waals surface area contributed by atoms with Crippen molar-refractivity contribution in [1.82, 2.24) is 10.2 Å². The third-order valence-electron chi connectivity index (χ3n) is 4.43. The van der Waals surface area contributed by atoms with Crippen LogP contribution in [0.5, 0.6) is 0 Å². The van der Waals surface area contributed by atoms with Crippen LogP contribution < -0.4 is 5.32 Å². The summed E-state index contributed by atoms with van der Waals surface area (Å²) >= 11 is 0. The molecule has 2 N–H and O–H groups in total. The van der Waals surface area contributed by atoms with E-state index in [1.807, 2.05) is 6.92 Å². The molecule has 18 heavy (non-hydrogen) atoms. The van der Waals surface area contributed by atoms with E-state index in [-0.39, 0.29) is 11.8 Å². The second-order valence-corrected chi connectivity index (χ2v) is 5.94. The highest BCUT2D eigenvalue weighted by molar-refractivity contribution is 5.81. The predicted octanol–water partition coefficient (Wildman–Crippen LogP) is 0.555. The normalized spacial score (nSPS) is 30.7. The van der Waals surface area contributed by atoms with Crippen molar-refractivity contribution in [3.05, 3.63) is 0 Å². The zero-order valence-electron chi connectivity index (χ0n) is 11.1. The van der Waals surface area contributed by atoms with Gasteiger partial charge in [-0.3, -0.25) is 9.59 Å². The summed E-state index contributed by atoms with van der Waals surface area (Å²) in [5.41, 5.74) is -0.772. The maximum atomic E-state index is 12.3. The Morgan fingerprint density at radius 1 is 1.44 bits per heavy atom. The number of carboxylic acids is 1. The smallest absolute Gasteiger partial charge is 0.311 e. The molecule has 0 saturated carbocycles. The maximum Gasteiger partial charge on any atom is 0.311 e. The molecule has 0 bridgehead atoms. The lowest BCUT2D eigenvalue weighted by atomic mass is 9.80. The van der Waals surface area contributed by atoms with Crippen LogP contribution in [0.25, 0.3) is 0 Å². The van der Waals surface area contributed by atoms with E-state index in [0.717, 1.165) is 19.5 Å². The first kappa shape index (κ1) is 13.3. The van der Waals surface area contributed by atoms with E-state index in [9.17, 15) is 14.7 Å². The molecule has 102 valence electrons. The molecule has 0 aliphatic carbocycles. The topological polar surface area (TPSA) is 69.6 Å². The molecule has 0 radical (unpaired) electrons. The van der Waals surface area contributed by atoms with Gasteiger partial charge in [-0.05, 0) is 38.8 Å². The minimum absolute atomic E-state index is 0.00222. The molecule has 0 spiro atoms. The third kappa shape index (κ3) is 2.36. The molecular formula is C13H22N2O3. The summed E-state index contributed by atoms with van der Waals surface area (Å²) in [6.07, 6.45) is 1.44. The summed E-state index contributed by atoms with van der Waals surface area (Å²) in [7, 11) is 0. The number of nitrogens with one attached hydrogen (secondary N) is 1. The van der Waals surface area contributed by atoms with Crippen molar-refractivity contribution in [2.75, 3.05) is 26.2 Å². The van der Waals surface area contributed by atoms with Gasteiger partial charge in [0.15, 0.2) is 0 Å². The fraction of sp³-hybridized carbons (Fsp3) is 0.846. The van der Waals surface area contributed by atoms with Gasteiger partial charge < -0.3 is 15.3 Å². The minimum Gasteiger partial charge on any atom is -0.481 e.